The number of hydrogen-bond donors (Lipinski definition) is 3. The SMILES string of the molecule is C=CC1C[N@+]2(CC(=O)NC(CO)c3ccccc3)CCC1CC2C(O)c1ccnc2ccccc12. The van der Waals surface area contributed by atoms with Crippen LogP contribution < -0.4 is 5.32 Å². The van der Waals surface area contributed by atoms with Gasteiger partial charge in [-0.25, -0.2) is 0 Å². The number of carbonyl (C=O) groups is 1. The highest BCUT2D eigenvalue weighted by Gasteiger charge is 2.54. The summed E-state index contributed by atoms with van der Waals surface area (Å²) in [7, 11) is 0. The number of hydrogen-bond acceptors (Lipinski definition) is 4. The summed E-state index contributed by atoms with van der Waals surface area (Å²) in [6, 6.07) is 18.8. The first-order valence-corrected chi connectivity index (χ1v) is 12.5. The molecule has 35 heavy (non-hydrogen) atoms. The smallest absolute Gasteiger partial charge is 0.275 e. The summed E-state index contributed by atoms with van der Waals surface area (Å²) >= 11 is 0. The second-order valence-corrected chi connectivity index (χ2v) is 10.1. The van der Waals surface area contributed by atoms with Crippen molar-refractivity contribution >= 4 is 16.8 Å². The Labute approximate surface area is 206 Å². The van der Waals surface area contributed by atoms with E-state index in [4.69, 9.17) is 0 Å². The molecular formula is C29H34N3O3+. The zero-order valence-corrected chi connectivity index (χ0v) is 20.0. The maximum atomic E-state index is 13.4. The second-order valence-electron chi connectivity index (χ2n) is 10.1. The average molecular weight is 473 g/mol. The summed E-state index contributed by atoms with van der Waals surface area (Å²) < 4.78 is 0.532. The number of fused-ring (bicyclic) bond motifs is 4. The van der Waals surface area contributed by atoms with Crippen molar-refractivity contribution in [1.82, 2.24) is 10.3 Å². The number of nitrogens with one attached hydrogen (secondary N) is 1. The standard InChI is InChI=1S/C29H33N3O3/c1-2-20-17-32(18-28(34)31-26(19-33)21-8-4-3-5-9-21)15-13-22(20)16-27(32)29(35)24-12-14-30-25-11-7-6-10-23(24)25/h2-12,14,20,22,26-27,29,33,35H,1,13,15-19H2/p+1/t20?,22?,26?,27?,29?,32-/m0/s1. The molecule has 1 amide bonds. The van der Waals surface area contributed by atoms with Crippen molar-refractivity contribution in [1.29, 1.82) is 0 Å². The third-order valence-corrected chi connectivity index (χ3v) is 8.22. The molecule has 2 bridgehead atoms. The van der Waals surface area contributed by atoms with Crippen molar-refractivity contribution in [2.24, 2.45) is 11.8 Å². The number of carbonyl (C=O) groups excluding carboxylic acids is 1. The molecule has 182 valence electrons. The van der Waals surface area contributed by atoms with Gasteiger partial charge in [0.1, 0.15) is 12.1 Å². The van der Waals surface area contributed by atoms with Gasteiger partial charge in [0.2, 0.25) is 0 Å². The summed E-state index contributed by atoms with van der Waals surface area (Å²) in [6.07, 6.45) is 4.95. The number of pyridine rings is 1. The van der Waals surface area contributed by atoms with Crippen LogP contribution in [0.2, 0.25) is 0 Å². The molecule has 1 aromatic heterocycles. The van der Waals surface area contributed by atoms with Gasteiger partial charge in [-0.1, -0.05) is 54.6 Å². The fraction of sp³-hybridized carbons (Fsp3) is 0.379. The molecule has 3 N–H and O–H groups in total. The van der Waals surface area contributed by atoms with Gasteiger partial charge in [0, 0.05) is 30.3 Å². The molecule has 5 unspecified atom stereocenters. The highest BCUT2D eigenvalue weighted by Crippen LogP contribution is 2.46. The summed E-state index contributed by atoms with van der Waals surface area (Å²) in [5.74, 6) is 0.697. The highest BCUT2D eigenvalue weighted by atomic mass is 16.3. The summed E-state index contributed by atoms with van der Waals surface area (Å²) in [5.41, 5.74) is 2.62. The van der Waals surface area contributed by atoms with Crippen LogP contribution in [0.5, 0.6) is 0 Å². The van der Waals surface area contributed by atoms with Crippen LogP contribution in [0.3, 0.4) is 0 Å². The van der Waals surface area contributed by atoms with E-state index in [0.717, 1.165) is 48.0 Å². The number of aromatic nitrogens is 1. The second kappa shape index (κ2) is 9.90. The van der Waals surface area contributed by atoms with Gasteiger partial charge in [0.25, 0.3) is 5.91 Å². The fourth-order valence-corrected chi connectivity index (χ4v) is 6.41. The minimum Gasteiger partial charge on any atom is -0.394 e. The van der Waals surface area contributed by atoms with Crippen molar-refractivity contribution in [3.8, 4) is 0 Å². The van der Waals surface area contributed by atoms with E-state index in [9.17, 15) is 15.0 Å². The normalized spacial score (nSPS) is 27.3. The first kappa shape index (κ1) is 23.7. The first-order chi connectivity index (χ1) is 17.0. The van der Waals surface area contributed by atoms with Crippen LogP contribution in [0.25, 0.3) is 10.9 Å². The Balaban J connectivity index is 1.44. The highest BCUT2D eigenvalue weighted by molar-refractivity contribution is 5.82. The van der Waals surface area contributed by atoms with Gasteiger partial charge in [-0.05, 0) is 29.2 Å². The Morgan fingerprint density at radius 3 is 2.71 bits per heavy atom. The Kier molecular flexibility index (Phi) is 6.69. The molecule has 6 nitrogen and oxygen atoms in total. The number of aliphatic hydroxyl groups excluding tert-OH is 2. The maximum Gasteiger partial charge on any atom is 0.275 e. The molecule has 6 heteroatoms. The van der Waals surface area contributed by atoms with Crippen molar-refractivity contribution in [3.05, 3.63) is 90.6 Å². The van der Waals surface area contributed by atoms with E-state index in [2.05, 4.69) is 16.9 Å². The Bertz CT molecular complexity index is 1190. The maximum absolute atomic E-state index is 13.4. The van der Waals surface area contributed by atoms with E-state index < -0.39 is 12.1 Å². The lowest BCUT2D eigenvalue weighted by Crippen LogP contribution is -2.70. The number of amides is 1. The van der Waals surface area contributed by atoms with Crippen LogP contribution in [-0.4, -0.2) is 57.9 Å². The summed E-state index contributed by atoms with van der Waals surface area (Å²) in [4.78, 5) is 17.9. The molecule has 0 radical (unpaired) electrons. The molecule has 3 fully saturated rings. The number of rotatable bonds is 8. The van der Waals surface area contributed by atoms with E-state index in [1.165, 1.54) is 0 Å². The molecule has 0 aliphatic carbocycles. The summed E-state index contributed by atoms with van der Waals surface area (Å²) in [5, 5.41) is 25.7. The number of para-hydroxylation sites is 1. The predicted octanol–water partition coefficient (Wildman–Crippen LogP) is 3.53. The molecule has 6 atom stereocenters. The van der Waals surface area contributed by atoms with E-state index in [1.807, 2.05) is 66.7 Å². The fourth-order valence-electron chi connectivity index (χ4n) is 6.41. The molecule has 3 aromatic rings. The number of quaternary nitrogens is 1. The van der Waals surface area contributed by atoms with Gasteiger partial charge < -0.3 is 20.0 Å². The van der Waals surface area contributed by atoms with E-state index in [-0.39, 0.29) is 25.1 Å². The lowest BCUT2D eigenvalue weighted by Gasteiger charge is -2.57. The van der Waals surface area contributed by atoms with Gasteiger partial charge in [-0.15, -0.1) is 6.58 Å². The third-order valence-electron chi connectivity index (χ3n) is 8.22. The van der Waals surface area contributed by atoms with Gasteiger partial charge >= 0.3 is 0 Å². The van der Waals surface area contributed by atoms with Crippen LogP contribution in [0.15, 0.2) is 79.5 Å². The largest absolute Gasteiger partial charge is 0.394 e. The van der Waals surface area contributed by atoms with E-state index in [1.54, 1.807) is 6.20 Å². The molecule has 6 rings (SSSR count). The van der Waals surface area contributed by atoms with Crippen LogP contribution in [-0.2, 0) is 4.79 Å². The van der Waals surface area contributed by atoms with Gasteiger partial charge in [0.05, 0.1) is 31.3 Å². The molecule has 3 saturated heterocycles. The molecule has 2 aromatic carbocycles. The van der Waals surface area contributed by atoms with Gasteiger partial charge in [-0.3, -0.25) is 9.78 Å². The Hall–Kier alpha value is -3.06. The summed E-state index contributed by atoms with van der Waals surface area (Å²) in [6.45, 7) is 5.82. The number of piperidine rings is 3. The van der Waals surface area contributed by atoms with Crippen molar-refractivity contribution in [2.75, 3.05) is 26.2 Å². The molecule has 3 aliphatic heterocycles. The van der Waals surface area contributed by atoms with Crippen LogP contribution >= 0.6 is 0 Å². The lowest BCUT2D eigenvalue weighted by atomic mass is 9.71. The molecular weight excluding hydrogens is 438 g/mol. The predicted molar refractivity (Wildman–Crippen MR) is 136 cm³/mol. The molecule has 0 saturated carbocycles. The Morgan fingerprint density at radius 2 is 1.94 bits per heavy atom. The van der Waals surface area contributed by atoms with Gasteiger partial charge in [-0.2, -0.15) is 0 Å². The lowest BCUT2D eigenvalue weighted by molar-refractivity contribution is -0.966. The van der Waals surface area contributed by atoms with Crippen molar-refractivity contribution in [3.63, 3.8) is 0 Å². The van der Waals surface area contributed by atoms with Gasteiger partial charge in [0.15, 0.2) is 6.54 Å². The van der Waals surface area contributed by atoms with Crippen LogP contribution in [0.1, 0.15) is 36.1 Å². The molecule has 0 spiro atoms. The Morgan fingerprint density at radius 1 is 1.17 bits per heavy atom. The van der Waals surface area contributed by atoms with E-state index in [0.29, 0.717) is 16.3 Å². The zero-order valence-electron chi connectivity index (χ0n) is 20.0. The van der Waals surface area contributed by atoms with Crippen LogP contribution in [0, 0.1) is 11.8 Å². The average Bonchev–Trinajstić information content (AvgIpc) is 2.91. The van der Waals surface area contributed by atoms with Crippen LogP contribution in [0.4, 0.5) is 0 Å². The number of aliphatic hydroxyl groups is 2. The van der Waals surface area contributed by atoms with Crippen molar-refractivity contribution < 1.29 is 19.5 Å². The van der Waals surface area contributed by atoms with E-state index >= 15 is 0 Å². The molecule has 3 aliphatic rings. The quantitative estimate of drug-likeness (QED) is 0.346. The number of nitrogens with zero attached hydrogens (tertiary/aromatic N) is 2. The minimum absolute atomic E-state index is 0.0918. The number of benzene rings is 2. The monoisotopic (exact) mass is 472 g/mol. The topological polar surface area (TPSA) is 82.5 Å². The molecule has 4 heterocycles. The van der Waals surface area contributed by atoms with Crippen molar-refractivity contribution in [2.45, 2.75) is 31.0 Å². The minimum atomic E-state index is -0.702. The first-order valence-electron chi connectivity index (χ1n) is 12.5. The third kappa shape index (κ3) is 4.49. The zero-order chi connectivity index (χ0) is 24.4.